The Balaban J connectivity index is 1.87. The molecule has 1 aliphatic carbocycles. The fourth-order valence-electron chi connectivity index (χ4n) is 2.83. The van der Waals surface area contributed by atoms with Crippen molar-refractivity contribution in [2.24, 2.45) is 5.73 Å². The molecule has 0 saturated heterocycles. The first-order valence-corrected chi connectivity index (χ1v) is 8.86. The fraction of sp³-hybridized carbons (Fsp3) is 0.0870. The summed E-state index contributed by atoms with van der Waals surface area (Å²) in [7, 11) is 0. The summed E-state index contributed by atoms with van der Waals surface area (Å²) in [6.07, 6.45) is 9.81. The Labute approximate surface area is 158 Å². The number of rotatable bonds is 3. The van der Waals surface area contributed by atoms with Crippen molar-refractivity contribution >= 4 is 5.57 Å². The molecular formula is C23H20N4. The van der Waals surface area contributed by atoms with Crippen molar-refractivity contribution in [2.75, 3.05) is 0 Å². The normalized spacial score (nSPS) is 18.8. The van der Waals surface area contributed by atoms with Crippen LogP contribution in [0.4, 0.5) is 0 Å². The first-order chi connectivity index (χ1) is 13.1. The summed E-state index contributed by atoms with van der Waals surface area (Å²) in [5.74, 6) is 1.93. The molecule has 0 spiro atoms. The molecule has 0 bridgehead atoms. The number of hydrogen-bond donors (Lipinski definition) is 1. The molecule has 1 unspecified atom stereocenters. The molecule has 1 aliphatic rings. The number of benzene rings is 2. The summed E-state index contributed by atoms with van der Waals surface area (Å²) < 4.78 is 0. The molecule has 132 valence electrons. The van der Waals surface area contributed by atoms with Crippen LogP contribution in [-0.2, 0) is 0 Å². The number of aromatic nitrogens is 3. The number of allylic oxidation sites excluding steroid dienone is 4. The van der Waals surface area contributed by atoms with Crippen molar-refractivity contribution in [3.05, 3.63) is 96.9 Å². The SMILES string of the molecule is CC1(N)C=CC=C(c2nc(-c3ccccc3)nc(-c3ccccc3)n2)C=C1. The second kappa shape index (κ2) is 7.09. The molecule has 0 fully saturated rings. The summed E-state index contributed by atoms with van der Waals surface area (Å²) in [5.41, 5.74) is 8.52. The van der Waals surface area contributed by atoms with Crippen LogP contribution in [0.1, 0.15) is 12.7 Å². The van der Waals surface area contributed by atoms with Gasteiger partial charge in [0.15, 0.2) is 17.5 Å². The van der Waals surface area contributed by atoms with E-state index in [-0.39, 0.29) is 0 Å². The first kappa shape index (κ1) is 17.1. The third kappa shape index (κ3) is 3.91. The molecule has 1 atom stereocenters. The zero-order valence-electron chi connectivity index (χ0n) is 15.1. The van der Waals surface area contributed by atoms with Gasteiger partial charge >= 0.3 is 0 Å². The van der Waals surface area contributed by atoms with E-state index in [0.717, 1.165) is 16.7 Å². The Morgan fingerprint density at radius 2 is 1.22 bits per heavy atom. The van der Waals surface area contributed by atoms with Gasteiger partial charge in [-0.3, -0.25) is 0 Å². The topological polar surface area (TPSA) is 64.7 Å². The zero-order valence-corrected chi connectivity index (χ0v) is 15.1. The minimum Gasteiger partial charge on any atom is -0.319 e. The van der Waals surface area contributed by atoms with Crippen molar-refractivity contribution < 1.29 is 0 Å². The van der Waals surface area contributed by atoms with Gasteiger partial charge in [-0.15, -0.1) is 0 Å². The van der Waals surface area contributed by atoms with Crippen LogP contribution in [-0.4, -0.2) is 20.5 Å². The van der Waals surface area contributed by atoms with Crippen molar-refractivity contribution in [3.63, 3.8) is 0 Å². The van der Waals surface area contributed by atoms with Crippen molar-refractivity contribution in [1.29, 1.82) is 0 Å². The van der Waals surface area contributed by atoms with Gasteiger partial charge in [-0.25, -0.2) is 15.0 Å². The van der Waals surface area contributed by atoms with Crippen molar-refractivity contribution in [2.45, 2.75) is 12.5 Å². The summed E-state index contributed by atoms with van der Waals surface area (Å²) >= 11 is 0. The maximum absolute atomic E-state index is 6.20. The third-order valence-corrected chi connectivity index (χ3v) is 4.31. The number of nitrogens with two attached hydrogens (primary N) is 1. The second-order valence-corrected chi connectivity index (χ2v) is 6.72. The van der Waals surface area contributed by atoms with Gasteiger partial charge in [0, 0.05) is 16.7 Å². The highest BCUT2D eigenvalue weighted by Gasteiger charge is 2.15. The molecule has 0 amide bonds. The highest BCUT2D eigenvalue weighted by Crippen LogP contribution is 2.24. The molecule has 0 saturated carbocycles. The monoisotopic (exact) mass is 352 g/mol. The molecule has 27 heavy (non-hydrogen) atoms. The van der Waals surface area contributed by atoms with E-state index in [1.165, 1.54) is 0 Å². The van der Waals surface area contributed by atoms with E-state index < -0.39 is 5.54 Å². The first-order valence-electron chi connectivity index (χ1n) is 8.86. The van der Waals surface area contributed by atoms with E-state index in [0.29, 0.717) is 17.5 Å². The van der Waals surface area contributed by atoms with Crippen LogP contribution in [0.5, 0.6) is 0 Å². The van der Waals surface area contributed by atoms with Crippen molar-refractivity contribution in [1.82, 2.24) is 15.0 Å². The fourth-order valence-corrected chi connectivity index (χ4v) is 2.83. The predicted octanol–water partition coefficient (Wildman–Crippen LogP) is 4.43. The molecule has 1 aromatic heterocycles. The second-order valence-electron chi connectivity index (χ2n) is 6.72. The quantitative estimate of drug-likeness (QED) is 0.757. The summed E-state index contributed by atoms with van der Waals surface area (Å²) in [5, 5.41) is 0. The molecule has 0 aliphatic heterocycles. The average molecular weight is 352 g/mol. The predicted molar refractivity (Wildman–Crippen MR) is 110 cm³/mol. The van der Waals surface area contributed by atoms with E-state index in [9.17, 15) is 0 Å². The van der Waals surface area contributed by atoms with E-state index in [1.807, 2.05) is 98.0 Å². The van der Waals surface area contributed by atoms with Gasteiger partial charge in [0.05, 0.1) is 5.54 Å². The number of nitrogens with zero attached hydrogens (tertiary/aromatic N) is 3. The lowest BCUT2D eigenvalue weighted by Gasteiger charge is -2.13. The Bertz CT molecular complexity index is 975. The van der Waals surface area contributed by atoms with Gasteiger partial charge in [0.2, 0.25) is 0 Å². The molecular weight excluding hydrogens is 332 g/mol. The lowest BCUT2D eigenvalue weighted by molar-refractivity contribution is 0.736. The van der Waals surface area contributed by atoms with Crippen LogP contribution in [0.25, 0.3) is 28.3 Å². The van der Waals surface area contributed by atoms with Gasteiger partial charge in [0.25, 0.3) is 0 Å². The molecule has 4 rings (SSSR count). The van der Waals surface area contributed by atoms with Crippen LogP contribution in [0.2, 0.25) is 0 Å². The third-order valence-electron chi connectivity index (χ3n) is 4.31. The van der Waals surface area contributed by atoms with E-state index >= 15 is 0 Å². The molecule has 2 aromatic carbocycles. The molecule has 1 heterocycles. The summed E-state index contributed by atoms with van der Waals surface area (Å²) in [4.78, 5) is 14.2. The minimum atomic E-state index is -0.490. The van der Waals surface area contributed by atoms with Gasteiger partial charge in [-0.2, -0.15) is 0 Å². The lowest BCUT2D eigenvalue weighted by atomic mass is 10.0. The Morgan fingerprint density at radius 3 is 1.78 bits per heavy atom. The van der Waals surface area contributed by atoms with E-state index in [4.69, 9.17) is 20.7 Å². The Hall–Kier alpha value is -3.37. The van der Waals surface area contributed by atoms with E-state index in [2.05, 4.69) is 0 Å². The largest absolute Gasteiger partial charge is 0.319 e. The Kier molecular flexibility index (Phi) is 4.48. The van der Waals surface area contributed by atoms with Crippen molar-refractivity contribution in [3.8, 4) is 22.8 Å². The van der Waals surface area contributed by atoms with Gasteiger partial charge in [-0.1, -0.05) is 91.0 Å². The molecule has 2 N–H and O–H groups in total. The smallest absolute Gasteiger partial charge is 0.164 e. The molecule has 4 heteroatoms. The molecule has 0 radical (unpaired) electrons. The Morgan fingerprint density at radius 1 is 0.704 bits per heavy atom. The summed E-state index contributed by atoms with van der Waals surface area (Å²) in [6.45, 7) is 1.95. The summed E-state index contributed by atoms with van der Waals surface area (Å²) in [6, 6.07) is 19.9. The minimum absolute atomic E-state index is 0.490. The zero-order chi connectivity index (χ0) is 18.7. The maximum Gasteiger partial charge on any atom is 0.164 e. The van der Waals surface area contributed by atoms with Gasteiger partial charge in [0.1, 0.15) is 0 Å². The molecule has 4 nitrogen and oxygen atoms in total. The van der Waals surface area contributed by atoms with Gasteiger partial charge in [-0.05, 0) is 6.92 Å². The van der Waals surface area contributed by atoms with Crippen LogP contribution in [0, 0.1) is 0 Å². The highest BCUT2D eigenvalue weighted by atomic mass is 15.0. The van der Waals surface area contributed by atoms with Gasteiger partial charge < -0.3 is 5.73 Å². The standard InChI is InChI=1S/C23H20N4/c1-23(24)15-8-13-19(14-16-23)22-26-20(17-9-4-2-5-10-17)25-21(27-22)18-11-6-3-7-12-18/h2-16H,24H2,1H3. The lowest BCUT2D eigenvalue weighted by Crippen LogP contribution is -2.30. The average Bonchev–Trinajstić information content (AvgIpc) is 2.89. The van der Waals surface area contributed by atoms with Crippen LogP contribution >= 0.6 is 0 Å². The maximum atomic E-state index is 6.20. The highest BCUT2D eigenvalue weighted by molar-refractivity contribution is 5.74. The van der Waals surface area contributed by atoms with Crippen LogP contribution in [0.3, 0.4) is 0 Å². The molecule has 3 aromatic rings. The van der Waals surface area contributed by atoms with Crippen LogP contribution < -0.4 is 5.73 Å². The van der Waals surface area contributed by atoms with E-state index in [1.54, 1.807) is 0 Å². The van der Waals surface area contributed by atoms with Crippen LogP contribution in [0.15, 0.2) is 91.0 Å². The number of hydrogen-bond acceptors (Lipinski definition) is 4.